The van der Waals surface area contributed by atoms with Crippen LogP contribution in [0.25, 0.3) is 10.6 Å². The van der Waals surface area contributed by atoms with Crippen molar-refractivity contribution < 1.29 is 9.18 Å². The number of hydrogen-bond donors (Lipinski definition) is 2. The van der Waals surface area contributed by atoms with Gasteiger partial charge in [0.25, 0.3) is 5.91 Å². The van der Waals surface area contributed by atoms with E-state index in [2.05, 4.69) is 25.3 Å². The van der Waals surface area contributed by atoms with Gasteiger partial charge < -0.3 is 11.1 Å². The van der Waals surface area contributed by atoms with Gasteiger partial charge in [0.15, 0.2) is 0 Å². The summed E-state index contributed by atoms with van der Waals surface area (Å²) < 4.78 is 14.0. The van der Waals surface area contributed by atoms with Crippen LogP contribution in [0, 0.1) is 5.82 Å². The van der Waals surface area contributed by atoms with Crippen molar-refractivity contribution in [2.24, 2.45) is 5.73 Å². The Kier molecular flexibility index (Phi) is 4.41. The summed E-state index contributed by atoms with van der Waals surface area (Å²) in [6.45, 7) is 3.57. The summed E-state index contributed by atoms with van der Waals surface area (Å²) in [6, 6.07) is 2.89. The first-order chi connectivity index (χ1) is 11.9. The van der Waals surface area contributed by atoms with Crippen LogP contribution in [0.4, 0.5) is 10.3 Å². The van der Waals surface area contributed by atoms with E-state index < -0.39 is 17.3 Å². The largest absolute Gasteiger partial charge is 0.365 e. The molecule has 3 aromatic rings. The second-order valence-electron chi connectivity index (χ2n) is 5.77. The highest BCUT2D eigenvalue weighted by Crippen LogP contribution is 2.26. The Morgan fingerprint density at radius 2 is 1.92 bits per heavy atom. The molecular formula is C16H15FN6OS. The fraction of sp³-hybridized carbons (Fsp3) is 0.188. The van der Waals surface area contributed by atoms with Gasteiger partial charge in [-0.2, -0.15) is 0 Å². The number of nitrogens with zero attached hydrogens (tertiary/aromatic N) is 4. The van der Waals surface area contributed by atoms with Crippen LogP contribution < -0.4 is 11.1 Å². The maximum Gasteiger partial charge on any atom is 0.260 e. The zero-order chi connectivity index (χ0) is 18.0. The van der Waals surface area contributed by atoms with Gasteiger partial charge in [0.2, 0.25) is 5.95 Å². The molecule has 3 heterocycles. The Bertz CT molecular complexity index is 909. The predicted octanol–water partition coefficient (Wildman–Crippen LogP) is 2.58. The average molecular weight is 358 g/mol. The van der Waals surface area contributed by atoms with Crippen LogP contribution in [-0.2, 0) is 5.54 Å². The Labute approximate surface area is 147 Å². The summed E-state index contributed by atoms with van der Waals surface area (Å²) in [5.74, 6) is -0.606. The number of anilines is 1. The summed E-state index contributed by atoms with van der Waals surface area (Å²) in [6.07, 6.45) is 6.10. The minimum Gasteiger partial charge on any atom is -0.365 e. The first-order valence-corrected chi connectivity index (χ1v) is 8.16. The van der Waals surface area contributed by atoms with E-state index in [1.165, 1.54) is 35.9 Å². The second kappa shape index (κ2) is 6.52. The van der Waals surface area contributed by atoms with Crippen LogP contribution in [0.15, 0.2) is 36.9 Å². The van der Waals surface area contributed by atoms with Crippen molar-refractivity contribution in [2.45, 2.75) is 19.4 Å². The number of nitrogens with two attached hydrogens (primary N) is 1. The van der Waals surface area contributed by atoms with E-state index in [0.717, 1.165) is 0 Å². The molecule has 0 aliphatic heterocycles. The Hall–Kier alpha value is -2.94. The molecule has 3 aromatic heterocycles. The second-order valence-corrected chi connectivity index (χ2v) is 6.80. The average Bonchev–Trinajstić information content (AvgIpc) is 3.06. The molecule has 0 saturated heterocycles. The molecule has 0 aliphatic carbocycles. The van der Waals surface area contributed by atoms with Gasteiger partial charge in [-0.15, -0.1) is 11.3 Å². The van der Waals surface area contributed by atoms with Gasteiger partial charge in [0.05, 0.1) is 11.7 Å². The number of hydrogen-bond acceptors (Lipinski definition) is 7. The lowest BCUT2D eigenvalue weighted by Gasteiger charge is -2.25. The summed E-state index contributed by atoms with van der Waals surface area (Å²) in [7, 11) is 0. The van der Waals surface area contributed by atoms with Gasteiger partial charge in [-0.3, -0.25) is 9.78 Å². The molecule has 0 bridgehead atoms. The van der Waals surface area contributed by atoms with E-state index in [1.54, 1.807) is 26.2 Å². The number of halogens is 1. The number of carbonyl (C=O) groups is 1. The lowest BCUT2D eigenvalue weighted by Crippen LogP contribution is -2.31. The van der Waals surface area contributed by atoms with Gasteiger partial charge in [0.1, 0.15) is 21.4 Å². The molecule has 0 fully saturated rings. The molecule has 3 rings (SSSR count). The zero-order valence-electron chi connectivity index (χ0n) is 13.5. The highest BCUT2D eigenvalue weighted by molar-refractivity contribution is 7.16. The molecular weight excluding hydrogens is 343 g/mol. The summed E-state index contributed by atoms with van der Waals surface area (Å²) in [4.78, 5) is 28.2. The number of rotatable bonds is 5. The number of primary amides is 1. The number of pyridine rings is 1. The van der Waals surface area contributed by atoms with Gasteiger partial charge >= 0.3 is 0 Å². The molecule has 0 aliphatic rings. The Morgan fingerprint density at radius 1 is 1.20 bits per heavy atom. The molecule has 3 N–H and O–H groups in total. The molecule has 0 aromatic carbocycles. The molecule has 7 nitrogen and oxygen atoms in total. The highest BCUT2D eigenvalue weighted by Gasteiger charge is 2.26. The van der Waals surface area contributed by atoms with Gasteiger partial charge in [-0.1, -0.05) is 0 Å². The van der Waals surface area contributed by atoms with Crippen molar-refractivity contribution in [2.75, 3.05) is 5.32 Å². The number of nitrogens with one attached hydrogen (secondary N) is 1. The standard InChI is InChI=1S/C16H15FN6OS/c1-16(2,12-10(17)4-3-5-19-12)23-15-21-6-9(7-22-15)14-20-8-11(25-14)13(18)24/h3-8H,1-2H3,(H2,18,24)(H,21,22,23). The molecule has 0 saturated carbocycles. The van der Waals surface area contributed by atoms with E-state index in [9.17, 15) is 9.18 Å². The van der Waals surface area contributed by atoms with Crippen LogP contribution >= 0.6 is 11.3 Å². The number of carbonyl (C=O) groups excluding carboxylic acids is 1. The van der Waals surface area contributed by atoms with Crippen molar-refractivity contribution in [1.29, 1.82) is 0 Å². The van der Waals surface area contributed by atoms with Gasteiger partial charge in [-0.05, 0) is 26.0 Å². The third-order valence-electron chi connectivity index (χ3n) is 3.42. The third-order valence-corrected chi connectivity index (χ3v) is 4.48. The molecule has 0 spiro atoms. The SMILES string of the molecule is CC(C)(Nc1ncc(-c2ncc(C(N)=O)s2)cn1)c1ncccc1F. The van der Waals surface area contributed by atoms with Crippen molar-refractivity contribution in [3.05, 3.63) is 53.3 Å². The van der Waals surface area contributed by atoms with Crippen molar-refractivity contribution in [3.8, 4) is 10.6 Å². The third kappa shape index (κ3) is 3.61. The normalized spacial score (nSPS) is 11.3. The van der Waals surface area contributed by atoms with Crippen LogP contribution in [0.1, 0.15) is 29.2 Å². The fourth-order valence-electron chi connectivity index (χ4n) is 2.21. The number of aromatic nitrogens is 4. The van der Waals surface area contributed by atoms with Crippen molar-refractivity contribution in [1.82, 2.24) is 19.9 Å². The number of amides is 1. The maximum atomic E-state index is 14.0. The molecule has 0 unspecified atom stereocenters. The number of thiazole rings is 1. The highest BCUT2D eigenvalue weighted by atomic mass is 32.1. The molecule has 9 heteroatoms. The smallest absolute Gasteiger partial charge is 0.260 e. The van der Waals surface area contributed by atoms with Gasteiger partial charge in [-0.25, -0.2) is 19.3 Å². The fourth-order valence-corrected chi connectivity index (χ4v) is 2.95. The summed E-state index contributed by atoms with van der Waals surface area (Å²) in [5, 5.41) is 3.65. The van der Waals surface area contributed by atoms with E-state index in [-0.39, 0.29) is 5.69 Å². The Morgan fingerprint density at radius 3 is 2.52 bits per heavy atom. The summed E-state index contributed by atoms with van der Waals surface area (Å²) >= 11 is 1.17. The monoisotopic (exact) mass is 358 g/mol. The van der Waals surface area contributed by atoms with Crippen LogP contribution in [0.2, 0.25) is 0 Å². The van der Waals surface area contributed by atoms with E-state index in [0.29, 0.717) is 21.4 Å². The van der Waals surface area contributed by atoms with E-state index in [1.807, 2.05) is 0 Å². The van der Waals surface area contributed by atoms with Crippen molar-refractivity contribution in [3.63, 3.8) is 0 Å². The van der Waals surface area contributed by atoms with Gasteiger partial charge in [0, 0.05) is 24.2 Å². The molecule has 25 heavy (non-hydrogen) atoms. The minimum atomic E-state index is -0.798. The quantitative estimate of drug-likeness (QED) is 0.726. The van der Waals surface area contributed by atoms with Crippen LogP contribution in [-0.4, -0.2) is 25.8 Å². The van der Waals surface area contributed by atoms with Crippen LogP contribution in [0.5, 0.6) is 0 Å². The Balaban J connectivity index is 1.80. The molecule has 1 amide bonds. The molecule has 0 radical (unpaired) electrons. The topological polar surface area (TPSA) is 107 Å². The maximum absolute atomic E-state index is 14.0. The van der Waals surface area contributed by atoms with Crippen LogP contribution in [0.3, 0.4) is 0 Å². The predicted molar refractivity (Wildman–Crippen MR) is 92.5 cm³/mol. The van der Waals surface area contributed by atoms with E-state index in [4.69, 9.17) is 5.73 Å². The zero-order valence-corrected chi connectivity index (χ0v) is 14.3. The summed E-state index contributed by atoms with van der Waals surface area (Å²) in [5.41, 5.74) is 5.35. The molecule has 0 atom stereocenters. The van der Waals surface area contributed by atoms with Crippen molar-refractivity contribution >= 4 is 23.2 Å². The first-order valence-electron chi connectivity index (χ1n) is 7.34. The lowest BCUT2D eigenvalue weighted by molar-refractivity contribution is 0.100. The van der Waals surface area contributed by atoms with E-state index >= 15 is 0 Å². The molecule has 128 valence electrons. The minimum absolute atomic E-state index is 0.272. The first kappa shape index (κ1) is 16.9. The lowest BCUT2D eigenvalue weighted by atomic mass is 9.99.